The Labute approximate surface area is 61.5 Å². The van der Waals surface area contributed by atoms with Crippen molar-refractivity contribution in [3.63, 3.8) is 0 Å². The van der Waals surface area contributed by atoms with Gasteiger partial charge in [-0.2, -0.15) is 13.1 Å². The summed E-state index contributed by atoms with van der Waals surface area (Å²) in [6.45, 7) is 4.16. The van der Waals surface area contributed by atoms with Crippen LogP contribution in [0.25, 0.3) is 0 Å². The van der Waals surface area contributed by atoms with E-state index in [0.717, 1.165) is 6.42 Å². The van der Waals surface area contributed by atoms with Crippen LogP contribution in [-0.4, -0.2) is 19.5 Å². The summed E-state index contributed by atoms with van der Waals surface area (Å²) in [5.74, 6) is 0.266. The highest BCUT2D eigenvalue weighted by molar-refractivity contribution is 7.83. The molecule has 10 heavy (non-hydrogen) atoms. The highest BCUT2D eigenvalue weighted by atomic mass is 32.2. The Morgan fingerprint density at radius 3 is 2.40 bits per heavy atom. The van der Waals surface area contributed by atoms with Crippen LogP contribution in [0.2, 0.25) is 0 Å². The molecule has 0 spiro atoms. The van der Waals surface area contributed by atoms with E-state index in [-0.39, 0.29) is 5.92 Å². The molecule has 1 atom stereocenters. The second-order valence-corrected chi connectivity index (χ2v) is 3.58. The van der Waals surface area contributed by atoms with Gasteiger partial charge in [0, 0.05) is 6.54 Å². The maximum absolute atomic E-state index is 10.1. The Morgan fingerprint density at radius 2 is 2.10 bits per heavy atom. The van der Waals surface area contributed by atoms with Crippen molar-refractivity contribution >= 4 is 10.3 Å². The van der Waals surface area contributed by atoms with Gasteiger partial charge in [0.15, 0.2) is 0 Å². The van der Waals surface area contributed by atoms with E-state index >= 15 is 0 Å². The lowest BCUT2D eigenvalue weighted by Gasteiger charge is -2.06. The van der Waals surface area contributed by atoms with E-state index < -0.39 is 10.3 Å². The molecule has 5 heteroatoms. The topological polar surface area (TPSA) is 66.4 Å². The van der Waals surface area contributed by atoms with Crippen LogP contribution in [0, 0.1) is 5.92 Å². The smallest absolute Gasteiger partial charge is 0.273 e. The van der Waals surface area contributed by atoms with E-state index in [1.165, 1.54) is 0 Å². The number of rotatable bonds is 4. The zero-order valence-electron chi connectivity index (χ0n) is 6.16. The third kappa shape index (κ3) is 6.00. The van der Waals surface area contributed by atoms with Crippen molar-refractivity contribution in [2.75, 3.05) is 6.54 Å². The summed E-state index contributed by atoms with van der Waals surface area (Å²) in [4.78, 5) is 0. The minimum atomic E-state index is -3.98. The third-order valence-corrected chi connectivity index (χ3v) is 1.84. The molecular formula is C5H13NO3S. The van der Waals surface area contributed by atoms with Gasteiger partial charge in [-0.05, 0) is 5.92 Å². The van der Waals surface area contributed by atoms with E-state index in [1.54, 1.807) is 0 Å². The van der Waals surface area contributed by atoms with Crippen LogP contribution in [0.4, 0.5) is 0 Å². The van der Waals surface area contributed by atoms with Crippen LogP contribution in [0.1, 0.15) is 20.3 Å². The Hall–Kier alpha value is -0.130. The first-order chi connectivity index (χ1) is 4.45. The maximum Gasteiger partial charge on any atom is 0.333 e. The second kappa shape index (κ2) is 3.90. The van der Waals surface area contributed by atoms with E-state index in [0.29, 0.717) is 6.54 Å². The van der Waals surface area contributed by atoms with E-state index in [2.05, 4.69) is 0 Å². The van der Waals surface area contributed by atoms with Gasteiger partial charge in [0.1, 0.15) is 0 Å². The molecule has 0 bridgehead atoms. The number of hydrogen-bond donors (Lipinski definition) is 2. The standard InChI is InChI=1S/C5H13NO3S/c1-3-5(2)4-6-10(7,8)9/h5-6H,3-4H2,1-2H3,(H,7,8,9). The first kappa shape index (κ1) is 9.87. The fourth-order valence-corrected chi connectivity index (χ4v) is 0.887. The SMILES string of the molecule is CCC(C)CNS(=O)(=O)O. The maximum atomic E-state index is 10.1. The number of hydrogen-bond acceptors (Lipinski definition) is 2. The van der Waals surface area contributed by atoms with Gasteiger partial charge in [-0.15, -0.1) is 0 Å². The van der Waals surface area contributed by atoms with Crippen LogP contribution in [-0.2, 0) is 10.3 Å². The van der Waals surface area contributed by atoms with Crippen LogP contribution < -0.4 is 4.72 Å². The predicted molar refractivity (Wildman–Crippen MR) is 39.0 cm³/mol. The molecule has 0 heterocycles. The van der Waals surface area contributed by atoms with Gasteiger partial charge in [-0.25, -0.2) is 0 Å². The van der Waals surface area contributed by atoms with Gasteiger partial charge in [-0.3, -0.25) is 4.55 Å². The molecule has 0 fully saturated rings. The van der Waals surface area contributed by atoms with E-state index in [4.69, 9.17) is 4.55 Å². The zero-order chi connectivity index (χ0) is 8.20. The van der Waals surface area contributed by atoms with Crippen molar-refractivity contribution in [2.45, 2.75) is 20.3 Å². The molecule has 1 unspecified atom stereocenters. The fourth-order valence-electron chi connectivity index (χ4n) is 0.392. The van der Waals surface area contributed by atoms with Crippen LogP contribution in [0.3, 0.4) is 0 Å². The van der Waals surface area contributed by atoms with Crippen molar-refractivity contribution in [1.82, 2.24) is 4.72 Å². The van der Waals surface area contributed by atoms with Crippen LogP contribution in [0.15, 0.2) is 0 Å². The van der Waals surface area contributed by atoms with Crippen LogP contribution >= 0.6 is 0 Å². The minimum Gasteiger partial charge on any atom is -0.273 e. The molecule has 0 aromatic carbocycles. The summed E-state index contributed by atoms with van der Waals surface area (Å²) in [7, 11) is -3.98. The Bertz CT molecular complexity index is 175. The predicted octanol–water partition coefficient (Wildman–Crippen LogP) is 0.425. The monoisotopic (exact) mass is 167 g/mol. The average Bonchev–Trinajstić information content (AvgIpc) is 1.81. The van der Waals surface area contributed by atoms with Crippen molar-refractivity contribution in [2.24, 2.45) is 5.92 Å². The molecule has 0 amide bonds. The molecule has 0 aliphatic heterocycles. The fraction of sp³-hybridized carbons (Fsp3) is 1.00. The van der Waals surface area contributed by atoms with E-state index in [1.807, 2.05) is 18.6 Å². The van der Waals surface area contributed by atoms with Gasteiger partial charge in [0.05, 0.1) is 0 Å². The second-order valence-electron chi connectivity index (χ2n) is 2.34. The highest BCUT2D eigenvalue weighted by Crippen LogP contribution is 1.97. The molecular weight excluding hydrogens is 154 g/mol. The first-order valence-corrected chi connectivity index (χ1v) is 4.61. The van der Waals surface area contributed by atoms with E-state index in [9.17, 15) is 8.42 Å². The van der Waals surface area contributed by atoms with Gasteiger partial charge < -0.3 is 0 Å². The van der Waals surface area contributed by atoms with Gasteiger partial charge in [-0.1, -0.05) is 20.3 Å². The summed E-state index contributed by atoms with van der Waals surface area (Å²) >= 11 is 0. The minimum absolute atomic E-state index is 0.266. The molecule has 0 radical (unpaired) electrons. The first-order valence-electron chi connectivity index (χ1n) is 3.17. The molecule has 0 aliphatic rings. The zero-order valence-corrected chi connectivity index (χ0v) is 6.98. The molecule has 0 saturated heterocycles. The summed E-state index contributed by atoms with van der Waals surface area (Å²) < 4.78 is 30.4. The largest absolute Gasteiger partial charge is 0.333 e. The Balaban J connectivity index is 3.56. The lowest BCUT2D eigenvalue weighted by molar-refractivity contribution is 0.452. The Morgan fingerprint density at radius 1 is 1.60 bits per heavy atom. The lowest BCUT2D eigenvalue weighted by atomic mass is 10.1. The molecule has 62 valence electrons. The van der Waals surface area contributed by atoms with Gasteiger partial charge >= 0.3 is 10.3 Å². The summed E-state index contributed by atoms with van der Waals surface area (Å²) in [5, 5.41) is 0. The third-order valence-electron chi connectivity index (χ3n) is 1.31. The Kier molecular flexibility index (Phi) is 3.85. The quantitative estimate of drug-likeness (QED) is 0.596. The summed E-state index contributed by atoms with van der Waals surface area (Å²) in [6, 6.07) is 0. The molecule has 4 nitrogen and oxygen atoms in total. The molecule has 0 saturated carbocycles. The highest BCUT2D eigenvalue weighted by Gasteiger charge is 2.04. The number of nitrogens with one attached hydrogen (secondary N) is 1. The molecule has 0 aromatic rings. The van der Waals surface area contributed by atoms with Crippen molar-refractivity contribution in [3.8, 4) is 0 Å². The molecule has 2 N–H and O–H groups in total. The van der Waals surface area contributed by atoms with Gasteiger partial charge in [0.25, 0.3) is 0 Å². The van der Waals surface area contributed by atoms with Crippen molar-refractivity contribution in [3.05, 3.63) is 0 Å². The van der Waals surface area contributed by atoms with Gasteiger partial charge in [0.2, 0.25) is 0 Å². The lowest BCUT2D eigenvalue weighted by Crippen LogP contribution is -2.27. The normalized spacial score (nSPS) is 15.1. The molecule has 0 aliphatic carbocycles. The van der Waals surface area contributed by atoms with Crippen molar-refractivity contribution in [1.29, 1.82) is 0 Å². The average molecular weight is 167 g/mol. The van der Waals surface area contributed by atoms with Crippen LogP contribution in [0.5, 0.6) is 0 Å². The summed E-state index contributed by atoms with van der Waals surface area (Å²) in [6.07, 6.45) is 0.891. The summed E-state index contributed by atoms with van der Waals surface area (Å²) in [5.41, 5.74) is 0. The van der Waals surface area contributed by atoms with Crippen molar-refractivity contribution < 1.29 is 13.0 Å². The molecule has 0 aromatic heterocycles. The molecule has 0 rings (SSSR count).